The molecule has 1 saturated heterocycles. The maximum Gasteiger partial charge on any atom is 0.239 e. The number of aryl methyl sites for hydroxylation is 1. The second-order valence-corrected chi connectivity index (χ2v) is 11.9. The highest BCUT2D eigenvalue weighted by atomic mass is 35.5. The molecule has 1 fully saturated rings. The van der Waals surface area contributed by atoms with Crippen molar-refractivity contribution in [1.29, 1.82) is 0 Å². The number of para-hydroxylation sites is 1. The number of hydrogen-bond donors (Lipinski definition) is 5. The van der Waals surface area contributed by atoms with Crippen LogP contribution in [0.15, 0.2) is 42.5 Å². The largest absolute Gasteiger partial charge is 0.368 e. The lowest BCUT2D eigenvalue weighted by Gasteiger charge is -2.37. The van der Waals surface area contributed by atoms with Gasteiger partial charge in [-0.2, -0.15) is 0 Å². The maximum absolute atomic E-state index is 12.7. The van der Waals surface area contributed by atoms with Gasteiger partial charge in [-0.3, -0.25) is 15.4 Å². The summed E-state index contributed by atoms with van der Waals surface area (Å²) in [4.78, 5) is 11.6. The molecule has 1 heterocycles. The fourth-order valence-corrected chi connectivity index (χ4v) is 4.81. The summed E-state index contributed by atoms with van der Waals surface area (Å²) < 4.78 is 12.7. The topological polar surface area (TPSA) is 94.3 Å². The first-order chi connectivity index (χ1) is 14.7. The summed E-state index contributed by atoms with van der Waals surface area (Å²) in [6.07, 6.45) is -0.528. The number of carbonyl (C=O) groups excluding carboxylic acids is 1. The molecule has 0 spiro atoms. The fraction of sp³-hybridized carbons (Fsp3) is 0.381. The van der Waals surface area contributed by atoms with Crippen molar-refractivity contribution in [3.05, 3.63) is 48.0 Å². The van der Waals surface area contributed by atoms with Crippen molar-refractivity contribution in [2.75, 3.05) is 41.7 Å². The van der Waals surface area contributed by atoms with Gasteiger partial charge >= 0.3 is 0 Å². The van der Waals surface area contributed by atoms with E-state index in [0.29, 0.717) is 12.2 Å². The Bertz CT molecular complexity index is 984. The average molecular weight is 484 g/mol. The maximum atomic E-state index is 12.7. The number of rotatable bonds is 7. The molecule has 7 nitrogen and oxygen atoms in total. The van der Waals surface area contributed by atoms with Crippen LogP contribution >= 0.6 is 30.3 Å². The standard InChI is InChI=1S/C21H28Cl2N5O2P/c1-13-8-9-14(25-19(29)11-22)10-17(13)27-21-24-12-15(23)20(28-21)26-16-6-4-5-7-18(16)31(2,3)30/h4-10,15,20-21,24,26-28H,11-12H2,1-3H3,(H,25,29). The summed E-state index contributed by atoms with van der Waals surface area (Å²) in [7, 11) is -2.45. The molecule has 3 atom stereocenters. The average Bonchev–Trinajstić information content (AvgIpc) is 2.72. The minimum absolute atomic E-state index is 0.100. The number of benzene rings is 2. The Balaban J connectivity index is 1.73. The molecule has 1 aliphatic rings. The van der Waals surface area contributed by atoms with Crippen LogP contribution in [0.25, 0.3) is 0 Å². The number of carbonyl (C=O) groups is 1. The number of alkyl halides is 2. The van der Waals surface area contributed by atoms with Crippen LogP contribution in [0.5, 0.6) is 0 Å². The highest BCUT2D eigenvalue weighted by Gasteiger charge is 2.29. The normalized spacial score (nSPS) is 21.4. The monoisotopic (exact) mass is 483 g/mol. The number of amides is 1. The number of anilines is 3. The van der Waals surface area contributed by atoms with Gasteiger partial charge in [0.1, 0.15) is 19.3 Å². The van der Waals surface area contributed by atoms with Crippen molar-refractivity contribution in [2.45, 2.75) is 24.8 Å². The molecule has 0 aliphatic carbocycles. The van der Waals surface area contributed by atoms with Gasteiger partial charge in [-0.1, -0.05) is 18.2 Å². The van der Waals surface area contributed by atoms with Crippen LogP contribution in [-0.4, -0.2) is 49.5 Å². The zero-order chi connectivity index (χ0) is 22.6. The second-order valence-electron chi connectivity index (χ2n) is 7.87. The highest BCUT2D eigenvalue weighted by Crippen LogP contribution is 2.37. The summed E-state index contributed by atoms with van der Waals surface area (Å²) >= 11 is 12.1. The Labute approximate surface area is 193 Å². The predicted octanol–water partition coefficient (Wildman–Crippen LogP) is 3.35. The van der Waals surface area contributed by atoms with Gasteiger partial charge < -0.3 is 20.5 Å². The van der Waals surface area contributed by atoms with E-state index in [2.05, 4.69) is 26.6 Å². The minimum atomic E-state index is -2.45. The van der Waals surface area contributed by atoms with Crippen LogP contribution in [0.2, 0.25) is 0 Å². The Morgan fingerprint density at radius 1 is 1.16 bits per heavy atom. The molecule has 168 valence electrons. The van der Waals surface area contributed by atoms with Gasteiger partial charge in [-0.05, 0) is 50.1 Å². The summed E-state index contributed by atoms with van der Waals surface area (Å²) in [6, 6.07) is 13.2. The van der Waals surface area contributed by atoms with Gasteiger partial charge in [0, 0.05) is 28.9 Å². The smallest absolute Gasteiger partial charge is 0.239 e. The summed E-state index contributed by atoms with van der Waals surface area (Å²) in [6.45, 7) is 6.05. The molecule has 2 aromatic carbocycles. The summed E-state index contributed by atoms with van der Waals surface area (Å²) in [5.74, 6) is -0.362. The van der Waals surface area contributed by atoms with Crippen molar-refractivity contribution in [2.24, 2.45) is 0 Å². The first-order valence-electron chi connectivity index (χ1n) is 9.95. The van der Waals surface area contributed by atoms with Crippen molar-refractivity contribution in [3.8, 4) is 0 Å². The van der Waals surface area contributed by atoms with Crippen LogP contribution in [0.4, 0.5) is 17.1 Å². The molecule has 0 saturated carbocycles. The Morgan fingerprint density at radius 3 is 2.61 bits per heavy atom. The molecule has 3 unspecified atom stereocenters. The molecular weight excluding hydrogens is 456 g/mol. The molecule has 5 N–H and O–H groups in total. The van der Waals surface area contributed by atoms with Gasteiger partial charge in [-0.25, -0.2) is 0 Å². The van der Waals surface area contributed by atoms with Crippen LogP contribution in [-0.2, 0) is 9.36 Å². The lowest BCUT2D eigenvalue weighted by atomic mass is 10.1. The minimum Gasteiger partial charge on any atom is -0.368 e. The summed E-state index contributed by atoms with van der Waals surface area (Å²) in [5, 5.41) is 16.9. The molecule has 10 heteroatoms. The molecule has 1 amide bonds. The van der Waals surface area contributed by atoms with E-state index in [0.717, 1.165) is 22.2 Å². The molecule has 2 aromatic rings. The quantitative estimate of drug-likeness (QED) is 0.306. The molecule has 31 heavy (non-hydrogen) atoms. The third-order valence-corrected chi connectivity index (χ3v) is 7.16. The van der Waals surface area contributed by atoms with Crippen molar-refractivity contribution in [1.82, 2.24) is 10.6 Å². The van der Waals surface area contributed by atoms with Crippen molar-refractivity contribution >= 4 is 58.6 Å². The molecule has 3 rings (SSSR count). The molecule has 0 radical (unpaired) electrons. The summed E-state index contributed by atoms with van der Waals surface area (Å²) in [5.41, 5.74) is 3.35. The van der Waals surface area contributed by atoms with Gasteiger partial charge in [0.25, 0.3) is 0 Å². The fourth-order valence-electron chi connectivity index (χ4n) is 3.35. The van der Waals surface area contributed by atoms with E-state index < -0.39 is 7.14 Å². The number of nitrogens with one attached hydrogen (secondary N) is 5. The van der Waals surface area contributed by atoms with Gasteiger partial charge in [-0.15, -0.1) is 23.2 Å². The SMILES string of the molecule is Cc1ccc(NC(=O)CCl)cc1NC1NCC(Cl)C(Nc2ccccc2P(C)(C)=O)N1. The van der Waals surface area contributed by atoms with E-state index in [1.165, 1.54) is 0 Å². The van der Waals surface area contributed by atoms with Crippen LogP contribution in [0.3, 0.4) is 0 Å². The molecule has 0 bridgehead atoms. The van der Waals surface area contributed by atoms with E-state index in [1.807, 2.05) is 49.4 Å². The van der Waals surface area contributed by atoms with E-state index in [-0.39, 0.29) is 29.6 Å². The van der Waals surface area contributed by atoms with Gasteiger partial charge in [0.2, 0.25) is 5.91 Å². The van der Waals surface area contributed by atoms with Crippen molar-refractivity contribution < 1.29 is 9.36 Å². The van der Waals surface area contributed by atoms with E-state index >= 15 is 0 Å². The number of hydrogen-bond acceptors (Lipinski definition) is 6. The van der Waals surface area contributed by atoms with E-state index in [4.69, 9.17) is 23.2 Å². The van der Waals surface area contributed by atoms with E-state index in [9.17, 15) is 9.36 Å². The third kappa shape index (κ3) is 6.37. The predicted molar refractivity (Wildman–Crippen MR) is 132 cm³/mol. The Morgan fingerprint density at radius 2 is 1.90 bits per heavy atom. The third-order valence-electron chi connectivity index (χ3n) is 4.96. The lowest BCUT2D eigenvalue weighted by Crippen LogP contribution is -2.64. The van der Waals surface area contributed by atoms with Crippen LogP contribution in [0.1, 0.15) is 5.56 Å². The molecule has 1 aliphatic heterocycles. The van der Waals surface area contributed by atoms with Crippen LogP contribution < -0.4 is 31.9 Å². The highest BCUT2D eigenvalue weighted by molar-refractivity contribution is 7.70. The van der Waals surface area contributed by atoms with Gasteiger partial charge in [0.05, 0.1) is 11.5 Å². The number of halogens is 2. The second kappa shape index (κ2) is 10.2. The van der Waals surface area contributed by atoms with Crippen molar-refractivity contribution in [3.63, 3.8) is 0 Å². The zero-order valence-electron chi connectivity index (χ0n) is 17.7. The zero-order valence-corrected chi connectivity index (χ0v) is 20.1. The molecular formula is C21H28Cl2N5O2P. The Kier molecular flexibility index (Phi) is 7.89. The lowest BCUT2D eigenvalue weighted by molar-refractivity contribution is -0.113. The van der Waals surface area contributed by atoms with Gasteiger partial charge in [0.15, 0.2) is 0 Å². The Hall–Kier alpha value is -1.76. The molecule has 0 aromatic heterocycles. The first kappa shape index (κ1) is 23.9. The van der Waals surface area contributed by atoms with E-state index in [1.54, 1.807) is 13.3 Å². The van der Waals surface area contributed by atoms with Crippen LogP contribution in [0, 0.1) is 6.92 Å². The first-order valence-corrected chi connectivity index (χ1v) is 13.5.